The van der Waals surface area contributed by atoms with Crippen LogP contribution in [0.15, 0.2) is 84.9 Å². The van der Waals surface area contributed by atoms with Crippen LogP contribution in [0.1, 0.15) is 35.4 Å². The Morgan fingerprint density at radius 2 is 1.54 bits per heavy atom. The zero-order valence-electron chi connectivity index (χ0n) is 19.6. The monoisotopic (exact) mass is 475 g/mol. The number of carboxylic acids is 1. The molecule has 0 unspecified atom stereocenters. The summed E-state index contributed by atoms with van der Waals surface area (Å²) in [6.45, 7) is 1.28. The fourth-order valence-electron chi connectivity index (χ4n) is 4.74. The summed E-state index contributed by atoms with van der Waals surface area (Å²) in [7, 11) is 0. The van der Waals surface area contributed by atoms with Gasteiger partial charge in [0.15, 0.2) is 0 Å². The molecule has 1 aliphatic heterocycles. The molecule has 2 atom stereocenters. The number of amides is 1. The summed E-state index contributed by atoms with van der Waals surface area (Å²) >= 11 is 0. The van der Waals surface area contributed by atoms with E-state index in [-0.39, 0.29) is 17.6 Å². The van der Waals surface area contributed by atoms with Crippen LogP contribution in [-0.4, -0.2) is 47.7 Å². The van der Waals surface area contributed by atoms with Crippen molar-refractivity contribution in [3.63, 3.8) is 0 Å². The first kappa shape index (κ1) is 24.6. The Kier molecular flexibility index (Phi) is 8.27. The number of carboxylic acid groups (broad SMARTS) is 1. The zero-order chi connectivity index (χ0) is 24.6. The molecule has 0 radical (unpaired) electrons. The van der Waals surface area contributed by atoms with E-state index >= 15 is 0 Å². The Labute approximate surface area is 205 Å². The van der Waals surface area contributed by atoms with Crippen LogP contribution >= 0.6 is 0 Å². The normalized spacial score (nSPS) is 17.6. The summed E-state index contributed by atoms with van der Waals surface area (Å²) in [5.74, 6) is -2.04. The second kappa shape index (κ2) is 11.8. The fourth-order valence-corrected chi connectivity index (χ4v) is 4.74. The molecule has 0 aliphatic carbocycles. The average molecular weight is 476 g/mol. The van der Waals surface area contributed by atoms with Gasteiger partial charge in [0.05, 0.1) is 12.5 Å². The van der Waals surface area contributed by atoms with E-state index in [1.54, 1.807) is 12.1 Å². The average Bonchev–Trinajstić information content (AvgIpc) is 3.31. The van der Waals surface area contributed by atoms with Gasteiger partial charge < -0.3 is 14.7 Å². The van der Waals surface area contributed by atoms with Crippen LogP contribution in [0.25, 0.3) is 0 Å². The van der Waals surface area contributed by atoms with Crippen LogP contribution in [0.2, 0.25) is 0 Å². The van der Waals surface area contributed by atoms with Crippen molar-refractivity contribution in [2.24, 2.45) is 5.92 Å². The van der Waals surface area contributed by atoms with Gasteiger partial charge in [-0.2, -0.15) is 0 Å². The highest BCUT2D eigenvalue weighted by atomic mass is 19.1. The van der Waals surface area contributed by atoms with E-state index in [1.807, 2.05) is 60.7 Å². The molecule has 5 nitrogen and oxygen atoms in total. The van der Waals surface area contributed by atoms with E-state index in [2.05, 4.69) is 0 Å². The Morgan fingerprint density at radius 3 is 2.11 bits per heavy atom. The van der Waals surface area contributed by atoms with Crippen molar-refractivity contribution in [3.05, 3.63) is 107 Å². The fraction of sp³-hybridized carbons (Fsp3) is 0.310. The third kappa shape index (κ3) is 6.34. The van der Waals surface area contributed by atoms with E-state index in [4.69, 9.17) is 4.74 Å². The van der Waals surface area contributed by atoms with Crippen molar-refractivity contribution in [1.82, 2.24) is 4.90 Å². The van der Waals surface area contributed by atoms with Gasteiger partial charge >= 0.3 is 5.97 Å². The van der Waals surface area contributed by atoms with Gasteiger partial charge in [0.1, 0.15) is 11.9 Å². The molecular weight excluding hydrogens is 445 g/mol. The summed E-state index contributed by atoms with van der Waals surface area (Å²) in [6.07, 6.45) is 1.94. The molecule has 3 aromatic rings. The van der Waals surface area contributed by atoms with Gasteiger partial charge in [-0.3, -0.25) is 4.79 Å². The molecule has 1 heterocycles. The highest BCUT2D eigenvalue weighted by molar-refractivity contribution is 5.91. The maximum absolute atomic E-state index is 13.8. The maximum Gasteiger partial charge on any atom is 0.326 e. The number of ether oxygens (including phenoxy) is 1. The predicted molar refractivity (Wildman–Crippen MR) is 132 cm³/mol. The Hall–Kier alpha value is -3.51. The lowest BCUT2D eigenvalue weighted by Gasteiger charge is -2.27. The molecule has 0 spiro atoms. The van der Waals surface area contributed by atoms with E-state index in [1.165, 1.54) is 17.0 Å². The van der Waals surface area contributed by atoms with Crippen LogP contribution in [0.4, 0.5) is 4.39 Å². The Morgan fingerprint density at radius 1 is 0.943 bits per heavy atom. The summed E-state index contributed by atoms with van der Waals surface area (Å²) < 4.78 is 18.9. The minimum Gasteiger partial charge on any atom is -0.480 e. The lowest BCUT2D eigenvalue weighted by Crippen LogP contribution is -2.43. The maximum atomic E-state index is 13.8. The number of carbonyl (C=O) groups is 2. The minimum atomic E-state index is -0.989. The number of likely N-dealkylation sites (tertiary alicyclic amines) is 1. The molecule has 182 valence electrons. The van der Waals surface area contributed by atoms with Crippen molar-refractivity contribution in [3.8, 4) is 0 Å². The van der Waals surface area contributed by atoms with Gasteiger partial charge in [-0.1, -0.05) is 72.8 Å². The first-order chi connectivity index (χ1) is 17.0. The highest BCUT2D eigenvalue weighted by Crippen LogP contribution is 2.32. The van der Waals surface area contributed by atoms with Crippen molar-refractivity contribution in [2.45, 2.75) is 31.2 Å². The van der Waals surface area contributed by atoms with Crippen molar-refractivity contribution < 1.29 is 23.8 Å². The zero-order valence-corrected chi connectivity index (χ0v) is 19.6. The quantitative estimate of drug-likeness (QED) is 0.423. The summed E-state index contributed by atoms with van der Waals surface area (Å²) in [5, 5.41) is 9.87. The number of aliphatic carboxylic acids is 1. The van der Waals surface area contributed by atoms with Crippen molar-refractivity contribution >= 4 is 11.9 Å². The number of nitrogens with zero attached hydrogens (tertiary/aromatic N) is 1. The second-order valence-electron chi connectivity index (χ2n) is 9.01. The number of carbonyl (C=O) groups excluding carboxylic acids is 1. The molecule has 4 rings (SSSR count). The van der Waals surface area contributed by atoms with Gasteiger partial charge in [-0.05, 0) is 48.1 Å². The molecule has 0 aromatic heterocycles. The van der Waals surface area contributed by atoms with Gasteiger partial charge in [-0.15, -0.1) is 0 Å². The number of halogens is 1. The third-order valence-electron chi connectivity index (χ3n) is 6.49. The standard InChI is InChI=1S/C29H30FNO4/c30-25-15-13-21(14-16-25)8-7-17-35-20-22-18-26(29(33)34)31(19-22)28(32)27(23-9-3-1-4-10-23)24-11-5-2-6-12-24/h1-6,9-16,22,26-27H,7-8,17-20H2,(H,33,34)/t22-,26-/m0/s1. The summed E-state index contributed by atoms with van der Waals surface area (Å²) in [4.78, 5) is 27.3. The smallest absolute Gasteiger partial charge is 0.326 e. The van der Waals surface area contributed by atoms with Crippen LogP contribution in [-0.2, 0) is 20.7 Å². The number of aryl methyl sites for hydroxylation is 1. The van der Waals surface area contributed by atoms with E-state index in [0.717, 1.165) is 29.5 Å². The largest absolute Gasteiger partial charge is 0.480 e. The third-order valence-corrected chi connectivity index (χ3v) is 6.49. The summed E-state index contributed by atoms with van der Waals surface area (Å²) in [5.41, 5.74) is 2.73. The van der Waals surface area contributed by atoms with E-state index < -0.39 is 17.9 Å². The van der Waals surface area contributed by atoms with Crippen LogP contribution < -0.4 is 0 Å². The number of benzene rings is 3. The first-order valence-electron chi connectivity index (χ1n) is 12.0. The molecule has 1 aliphatic rings. The lowest BCUT2D eigenvalue weighted by atomic mass is 9.90. The van der Waals surface area contributed by atoms with Crippen LogP contribution in [0.3, 0.4) is 0 Å². The van der Waals surface area contributed by atoms with Crippen LogP contribution in [0, 0.1) is 11.7 Å². The number of hydrogen-bond donors (Lipinski definition) is 1. The van der Waals surface area contributed by atoms with Gasteiger partial charge in [0.2, 0.25) is 5.91 Å². The molecule has 35 heavy (non-hydrogen) atoms. The first-order valence-corrected chi connectivity index (χ1v) is 12.0. The second-order valence-corrected chi connectivity index (χ2v) is 9.01. The Bertz CT molecular complexity index is 1070. The number of rotatable bonds is 10. The van der Waals surface area contributed by atoms with E-state index in [9.17, 15) is 19.1 Å². The highest BCUT2D eigenvalue weighted by Gasteiger charge is 2.42. The molecule has 6 heteroatoms. The van der Waals surface area contributed by atoms with Crippen molar-refractivity contribution in [2.75, 3.05) is 19.8 Å². The van der Waals surface area contributed by atoms with Gasteiger partial charge in [-0.25, -0.2) is 9.18 Å². The topological polar surface area (TPSA) is 66.8 Å². The van der Waals surface area contributed by atoms with Crippen molar-refractivity contribution in [1.29, 1.82) is 0 Å². The molecule has 3 aromatic carbocycles. The van der Waals surface area contributed by atoms with Crippen LogP contribution in [0.5, 0.6) is 0 Å². The SMILES string of the molecule is O=C(O)[C@@H]1C[C@H](COCCCc2ccc(F)cc2)CN1C(=O)C(c1ccccc1)c1ccccc1. The number of hydrogen-bond acceptors (Lipinski definition) is 3. The molecule has 1 N–H and O–H groups in total. The van der Waals surface area contributed by atoms with Gasteiger partial charge in [0, 0.05) is 19.1 Å². The lowest BCUT2D eigenvalue weighted by molar-refractivity contribution is -0.148. The van der Waals surface area contributed by atoms with E-state index in [0.29, 0.717) is 26.2 Å². The predicted octanol–water partition coefficient (Wildman–Crippen LogP) is 4.91. The molecule has 0 bridgehead atoms. The molecule has 1 saturated heterocycles. The molecular formula is C29H30FNO4. The Balaban J connectivity index is 1.39. The molecule has 0 saturated carbocycles. The molecule has 1 amide bonds. The summed E-state index contributed by atoms with van der Waals surface area (Å²) in [6, 6.07) is 24.5. The molecule has 1 fully saturated rings. The minimum absolute atomic E-state index is 0.0435. The van der Waals surface area contributed by atoms with Gasteiger partial charge in [0.25, 0.3) is 0 Å².